The molecule has 2 aromatic rings. The summed E-state index contributed by atoms with van der Waals surface area (Å²) < 4.78 is 0.959. The first kappa shape index (κ1) is 18.4. The van der Waals surface area contributed by atoms with Crippen molar-refractivity contribution in [2.45, 2.75) is 0 Å². The van der Waals surface area contributed by atoms with Gasteiger partial charge in [-0.25, -0.2) is 4.99 Å². The van der Waals surface area contributed by atoms with Crippen LogP contribution in [0.25, 0.3) is 0 Å². The standard InChI is InChI=1S/C18H22N4S2/c1-22(2)16-12-10-14(11-13-16)17(20-21-18(23-3)24-4)19-15-8-6-5-7-9-15/h5-13H,1-4H3,(H,19,20). The molecule has 0 unspecified atom stereocenters. The Kier molecular flexibility index (Phi) is 7.21. The molecule has 0 heterocycles. The fourth-order valence-corrected chi connectivity index (χ4v) is 2.92. The molecule has 0 atom stereocenters. The second-order valence-corrected chi connectivity index (χ2v) is 6.98. The Hall–Kier alpha value is -1.92. The summed E-state index contributed by atoms with van der Waals surface area (Å²) in [5.41, 5.74) is 6.15. The molecule has 0 aliphatic heterocycles. The Morgan fingerprint density at radius 2 is 1.54 bits per heavy atom. The van der Waals surface area contributed by atoms with Crippen molar-refractivity contribution < 1.29 is 0 Å². The van der Waals surface area contributed by atoms with Gasteiger partial charge in [-0.3, -0.25) is 5.43 Å². The number of nitrogens with zero attached hydrogens (tertiary/aromatic N) is 3. The van der Waals surface area contributed by atoms with Crippen LogP contribution < -0.4 is 10.3 Å². The van der Waals surface area contributed by atoms with Crippen LogP contribution in [-0.2, 0) is 0 Å². The Balaban J connectivity index is 2.35. The van der Waals surface area contributed by atoms with Gasteiger partial charge < -0.3 is 4.90 Å². The van der Waals surface area contributed by atoms with Gasteiger partial charge in [-0.15, -0.1) is 23.5 Å². The van der Waals surface area contributed by atoms with E-state index in [2.05, 4.69) is 39.7 Å². The zero-order valence-corrected chi connectivity index (χ0v) is 16.0. The van der Waals surface area contributed by atoms with E-state index in [1.54, 1.807) is 23.5 Å². The summed E-state index contributed by atoms with van der Waals surface area (Å²) in [7, 11) is 4.06. The lowest BCUT2D eigenvalue weighted by Gasteiger charge is -2.13. The van der Waals surface area contributed by atoms with E-state index in [9.17, 15) is 0 Å². The van der Waals surface area contributed by atoms with E-state index in [0.717, 1.165) is 27.1 Å². The number of para-hydroxylation sites is 1. The van der Waals surface area contributed by atoms with Crippen molar-refractivity contribution in [1.82, 2.24) is 5.43 Å². The largest absolute Gasteiger partial charge is 0.378 e. The van der Waals surface area contributed by atoms with Gasteiger partial charge in [-0.05, 0) is 48.9 Å². The monoisotopic (exact) mass is 358 g/mol. The molecule has 24 heavy (non-hydrogen) atoms. The van der Waals surface area contributed by atoms with Crippen molar-refractivity contribution in [1.29, 1.82) is 0 Å². The molecular weight excluding hydrogens is 336 g/mol. The van der Waals surface area contributed by atoms with Crippen LogP contribution in [0.2, 0.25) is 0 Å². The Labute approximate surface area is 152 Å². The van der Waals surface area contributed by atoms with Crippen molar-refractivity contribution in [3.63, 3.8) is 0 Å². The number of hydrogen-bond acceptors (Lipinski definition) is 5. The fraction of sp³-hybridized carbons (Fsp3) is 0.222. The topological polar surface area (TPSA) is 40.0 Å². The van der Waals surface area contributed by atoms with Gasteiger partial charge in [-0.1, -0.05) is 18.2 Å². The maximum absolute atomic E-state index is 4.71. The number of aliphatic imine (C=N–C) groups is 1. The van der Waals surface area contributed by atoms with Gasteiger partial charge in [0, 0.05) is 25.3 Å². The predicted octanol–water partition coefficient (Wildman–Crippen LogP) is 4.42. The van der Waals surface area contributed by atoms with Gasteiger partial charge in [0.1, 0.15) is 4.38 Å². The fourth-order valence-electron chi connectivity index (χ4n) is 1.98. The predicted molar refractivity (Wildman–Crippen MR) is 111 cm³/mol. The molecule has 4 nitrogen and oxygen atoms in total. The summed E-state index contributed by atoms with van der Waals surface area (Å²) in [5, 5.41) is 4.44. The van der Waals surface area contributed by atoms with Crippen LogP contribution in [0.15, 0.2) is 64.7 Å². The van der Waals surface area contributed by atoms with E-state index in [1.807, 2.05) is 56.9 Å². The molecule has 0 aliphatic carbocycles. The molecule has 2 rings (SSSR count). The number of nitrogens with one attached hydrogen (secondary N) is 1. The van der Waals surface area contributed by atoms with Crippen molar-refractivity contribution in [3.05, 3.63) is 60.2 Å². The number of anilines is 1. The summed E-state index contributed by atoms with van der Waals surface area (Å²) in [6.07, 6.45) is 4.02. The highest BCUT2D eigenvalue weighted by Gasteiger charge is 2.05. The zero-order valence-electron chi connectivity index (χ0n) is 14.4. The number of rotatable bonds is 4. The summed E-state index contributed by atoms with van der Waals surface area (Å²) >= 11 is 3.22. The van der Waals surface area contributed by atoms with Gasteiger partial charge in [0.05, 0.1) is 5.69 Å². The van der Waals surface area contributed by atoms with E-state index in [-0.39, 0.29) is 0 Å². The van der Waals surface area contributed by atoms with Crippen LogP contribution >= 0.6 is 23.5 Å². The van der Waals surface area contributed by atoms with E-state index in [1.165, 1.54) is 0 Å². The molecule has 0 amide bonds. The number of benzene rings is 2. The van der Waals surface area contributed by atoms with Gasteiger partial charge in [0.15, 0.2) is 5.84 Å². The summed E-state index contributed by atoms with van der Waals surface area (Å²) in [6, 6.07) is 18.1. The first-order chi connectivity index (χ1) is 11.6. The normalized spacial score (nSPS) is 11.1. The molecule has 1 N–H and O–H groups in total. The molecule has 0 spiro atoms. The third-order valence-corrected chi connectivity index (χ3v) is 5.14. The van der Waals surface area contributed by atoms with Crippen molar-refractivity contribution in [3.8, 4) is 0 Å². The third kappa shape index (κ3) is 5.32. The highest BCUT2D eigenvalue weighted by Crippen LogP contribution is 2.16. The van der Waals surface area contributed by atoms with Gasteiger partial charge in [0.2, 0.25) is 0 Å². The Morgan fingerprint density at radius 3 is 2.08 bits per heavy atom. The molecule has 0 saturated carbocycles. The second-order valence-electron chi connectivity index (χ2n) is 5.14. The lowest BCUT2D eigenvalue weighted by Crippen LogP contribution is -2.20. The summed E-state index contributed by atoms with van der Waals surface area (Å²) in [5.74, 6) is 0.729. The SMILES string of the molecule is CSC(=NNC(=Nc1ccccc1)c1ccc(N(C)C)cc1)SC. The quantitative estimate of drug-likeness (QED) is 0.499. The zero-order chi connectivity index (χ0) is 17.4. The van der Waals surface area contributed by atoms with Crippen LogP contribution in [0.1, 0.15) is 5.56 Å². The smallest absolute Gasteiger partial charge is 0.154 e. The Morgan fingerprint density at radius 1 is 0.917 bits per heavy atom. The minimum atomic E-state index is 0.729. The lowest BCUT2D eigenvalue weighted by molar-refractivity contribution is 1.03. The minimum Gasteiger partial charge on any atom is -0.378 e. The summed E-state index contributed by atoms with van der Waals surface area (Å²) in [4.78, 5) is 6.78. The highest BCUT2D eigenvalue weighted by atomic mass is 32.2. The maximum atomic E-state index is 4.71. The van der Waals surface area contributed by atoms with Gasteiger partial charge in [0.25, 0.3) is 0 Å². The number of thioether (sulfide) groups is 2. The first-order valence-electron chi connectivity index (χ1n) is 7.47. The van der Waals surface area contributed by atoms with Crippen LogP contribution in [-0.4, -0.2) is 36.8 Å². The van der Waals surface area contributed by atoms with Crippen molar-refractivity contribution in [2.75, 3.05) is 31.5 Å². The number of hydrazone groups is 1. The summed E-state index contributed by atoms with van der Waals surface area (Å²) in [6.45, 7) is 0. The molecular formula is C18H22N4S2. The van der Waals surface area contributed by atoms with E-state index < -0.39 is 0 Å². The van der Waals surface area contributed by atoms with Gasteiger partial charge >= 0.3 is 0 Å². The molecule has 0 fully saturated rings. The van der Waals surface area contributed by atoms with Crippen molar-refractivity contribution >= 4 is 45.1 Å². The van der Waals surface area contributed by atoms with Crippen LogP contribution in [0.3, 0.4) is 0 Å². The number of amidine groups is 1. The molecule has 2 aromatic carbocycles. The maximum Gasteiger partial charge on any atom is 0.154 e. The molecule has 126 valence electrons. The average Bonchev–Trinajstić information content (AvgIpc) is 2.62. The molecule has 6 heteroatoms. The molecule has 0 aromatic heterocycles. The van der Waals surface area contributed by atoms with Crippen LogP contribution in [0.4, 0.5) is 11.4 Å². The molecule has 0 saturated heterocycles. The van der Waals surface area contributed by atoms with Crippen LogP contribution in [0, 0.1) is 0 Å². The highest BCUT2D eigenvalue weighted by molar-refractivity contribution is 8.38. The first-order valence-corrected chi connectivity index (χ1v) is 9.92. The van der Waals surface area contributed by atoms with E-state index in [0.29, 0.717) is 0 Å². The number of hydrogen-bond donors (Lipinski definition) is 1. The molecule has 0 radical (unpaired) electrons. The third-order valence-electron chi connectivity index (χ3n) is 3.26. The van der Waals surface area contributed by atoms with E-state index in [4.69, 9.17) is 4.99 Å². The Bertz CT molecular complexity index is 689. The molecule has 0 aliphatic rings. The van der Waals surface area contributed by atoms with Crippen molar-refractivity contribution in [2.24, 2.45) is 10.1 Å². The molecule has 0 bridgehead atoms. The average molecular weight is 359 g/mol. The van der Waals surface area contributed by atoms with Crippen LogP contribution in [0.5, 0.6) is 0 Å². The lowest BCUT2D eigenvalue weighted by atomic mass is 10.2. The second kappa shape index (κ2) is 9.39. The minimum absolute atomic E-state index is 0.729. The van der Waals surface area contributed by atoms with E-state index >= 15 is 0 Å². The van der Waals surface area contributed by atoms with Gasteiger partial charge in [-0.2, -0.15) is 5.10 Å².